The SMILES string of the molecule is CC(C)C(C#N)c1ccc(C2CCCN(C)C2)cc1. The van der Waals surface area contributed by atoms with Gasteiger partial charge in [0.15, 0.2) is 0 Å². The van der Waals surface area contributed by atoms with Gasteiger partial charge in [0.25, 0.3) is 0 Å². The molecular weight excluding hydrogens is 232 g/mol. The minimum Gasteiger partial charge on any atom is -0.306 e. The van der Waals surface area contributed by atoms with Crippen LogP contribution in [0.25, 0.3) is 0 Å². The molecule has 0 aliphatic carbocycles. The molecule has 2 nitrogen and oxygen atoms in total. The molecule has 0 bridgehead atoms. The summed E-state index contributed by atoms with van der Waals surface area (Å²) in [5.74, 6) is 1.05. The van der Waals surface area contributed by atoms with Crippen LogP contribution >= 0.6 is 0 Å². The lowest BCUT2D eigenvalue weighted by molar-refractivity contribution is 0.251. The fourth-order valence-corrected chi connectivity index (χ4v) is 3.02. The molecule has 2 unspecified atom stereocenters. The van der Waals surface area contributed by atoms with Gasteiger partial charge in [-0.15, -0.1) is 0 Å². The van der Waals surface area contributed by atoms with Crippen molar-refractivity contribution < 1.29 is 0 Å². The number of hydrogen-bond acceptors (Lipinski definition) is 2. The lowest BCUT2D eigenvalue weighted by atomic mass is 9.86. The zero-order valence-corrected chi connectivity index (χ0v) is 12.3. The van der Waals surface area contributed by atoms with Gasteiger partial charge in [0.2, 0.25) is 0 Å². The summed E-state index contributed by atoms with van der Waals surface area (Å²) in [4.78, 5) is 2.41. The highest BCUT2D eigenvalue weighted by Gasteiger charge is 2.20. The highest BCUT2D eigenvalue weighted by Crippen LogP contribution is 2.29. The number of nitrogens with zero attached hydrogens (tertiary/aromatic N) is 2. The summed E-state index contributed by atoms with van der Waals surface area (Å²) in [5.41, 5.74) is 2.58. The molecule has 0 N–H and O–H groups in total. The third kappa shape index (κ3) is 3.36. The zero-order valence-electron chi connectivity index (χ0n) is 12.3. The van der Waals surface area contributed by atoms with Crippen molar-refractivity contribution in [2.45, 2.75) is 38.5 Å². The van der Waals surface area contributed by atoms with E-state index < -0.39 is 0 Å². The molecule has 2 heteroatoms. The van der Waals surface area contributed by atoms with Crippen LogP contribution in [-0.4, -0.2) is 25.0 Å². The molecule has 19 heavy (non-hydrogen) atoms. The van der Waals surface area contributed by atoms with Gasteiger partial charge in [0, 0.05) is 6.54 Å². The van der Waals surface area contributed by atoms with Gasteiger partial charge in [-0.25, -0.2) is 0 Å². The summed E-state index contributed by atoms with van der Waals surface area (Å²) in [6.07, 6.45) is 2.57. The molecule has 0 radical (unpaired) electrons. The molecule has 2 atom stereocenters. The molecule has 1 aromatic rings. The van der Waals surface area contributed by atoms with Crippen LogP contribution in [0.4, 0.5) is 0 Å². The summed E-state index contributed by atoms with van der Waals surface area (Å²) >= 11 is 0. The van der Waals surface area contributed by atoms with Gasteiger partial charge in [-0.3, -0.25) is 0 Å². The van der Waals surface area contributed by atoms with Gasteiger partial charge in [0.1, 0.15) is 0 Å². The molecular formula is C17H24N2. The molecule has 0 aromatic heterocycles. The summed E-state index contributed by atoms with van der Waals surface area (Å²) in [5, 5.41) is 9.25. The van der Waals surface area contributed by atoms with Crippen molar-refractivity contribution in [3.63, 3.8) is 0 Å². The number of benzene rings is 1. The smallest absolute Gasteiger partial charge is 0.0735 e. The van der Waals surface area contributed by atoms with E-state index in [4.69, 9.17) is 0 Å². The Balaban J connectivity index is 2.12. The van der Waals surface area contributed by atoms with Crippen molar-refractivity contribution in [3.05, 3.63) is 35.4 Å². The van der Waals surface area contributed by atoms with Gasteiger partial charge < -0.3 is 4.90 Å². The third-order valence-electron chi connectivity index (χ3n) is 4.20. The van der Waals surface area contributed by atoms with E-state index in [1.807, 2.05) is 0 Å². The lowest BCUT2D eigenvalue weighted by Crippen LogP contribution is -2.30. The van der Waals surface area contributed by atoms with Crippen LogP contribution in [0, 0.1) is 17.2 Å². The number of nitriles is 1. The standard InChI is InChI=1S/C17H24N2/c1-13(2)17(11-18)15-8-6-14(7-9-15)16-5-4-10-19(3)12-16/h6-9,13,16-17H,4-5,10,12H2,1-3H3. The van der Waals surface area contributed by atoms with Crippen molar-refractivity contribution in [1.29, 1.82) is 5.26 Å². The maximum Gasteiger partial charge on any atom is 0.0735 e. The average Bonchev–Trinajstić information content (AvgIpc) is 2.40. The normalized spacial score (nSPS) is 22.2. The summed E-state index contributed by atoms with van der Waals surface area (Å²) in [6.45, 7) is 6.60. The Morgan fingerprint density at radius 2 is 1.95 bits per heavy atom. The fourth-order valence-electron chi connectivity index (χ4n) is 3.02. The first-order valence-corrected chi connectivity index (χ1v) is 7.30. The first-order chi connectivity index (χ1) is 9.11. The van der Waals surface area contributed by atoms with E-state index in [0.717, 1.165) is 12.1 Å². The molecule has 1 saturated heterocycles. The van der Waals surface area contributed by atoms with Crippen LogP contribution in [0.3, 0.4) is 0 Å². The second-order valence-corrected chi connectivity index (χ2v) is 6.12. The largest absolute Gasteiger partial charge is 0.306 e. The van der Waals surface area contributed by atoms with E-state index in [9.17, 15) is 5.26 Å². The molecule has 0 spiro atoms. The van der Waals surface area contributed by atoms with Crippen molar-refractivity contribution in [2.75, 3.05) is 20.1 Å². The van der Waals surface area contributed by atoms with Crippen LogP contribution < -0.4 is 0 Å². The molecule has 1 fully saturated rings. The van der Waals surface area contributed by atoms with E-state index in [1.54, 1.807) is 0 Å². The zero-order chi connectivity index (χ0) is 13.8. The molecule has 1 heterocycles. The van der Waals surface area contributed by atoms with Gasteiger partial charge in [0.05, 0.1) is 12.0 Å². The Bertz CT molecular complexity index is 441. The maximum atomic E-state index is 9.25. The Hall–Kier alpha value is -1.33. The van der Waals surface area contributed by atoms with Gasteiger partial charge >= 0.3 is 0 Å². The molecule has 0 saturated carbocycles. The monoisotopic (exact) mass is 256 g/mol. The number of piperidine rings is 1. The topological polar surface area (TPSA) is 27.0 Å². The van der Waals surface area contributed by atoms with E-state index in [1.165, 1.54) is 24.9 Å². The second-order valence-electron chi connectivity index (χ2n) is 6.12. The van der Waals surface area contributed by atoms with Gasteiger partial charge in [-0.05, 0) is 49.4 Å². The lowest BCUT2D eigenvalue weighted by Gasteiger charge is -2.30. The second kappa shape index (κ2) is 6.21. The minimum atomic E-state index is 0.0167. The first-order valence-electron chi connectivity index (χ1n) is 7.30. The minimum absolute atomic E-state index is 0.0167. The number of rotatable bonds is 3. The highest BCUT2D eigenvalue weighted by atomic mass is 15.1. The predicted octanol–water partition coefficient (Wildman–Crippen LogP) is 3.76. The van der Waals surface area contributed by atoms with Crippen LogP contribution in [0.1, 0.15) is 49.7 Å². The Morgan fingerprint density at radius 3 is 2.47 bits per heavy atom. The Kier molecular flexibility index (Phi) is 4.61. The van der Waals surface area contributed by atoms with E-state index in [-0.39, 0.29) is 5.92 Å². The van der Waals surface area contributed by atoms with Crippen LogP contribution in [0.2, 0.25) is 0 Å². The molecule has 1 aliphatic rings. The summed E-state index contributed by atoms with van der Waals surface area (Å²) in [7, 11) is 2.20. The van der Waals surface area contributed by atoms with Crippen molar-refractivity contribution in [2.24, 2.45) is 5.92 Å². The quantitative estimate of drug-likeness (QED) is 0.823. The van der Waals surface area contributed by atoms with E-state index in [2.05, 4.69) is 56.1 Å². The molecule has 102 valence electrons. The van der Waals surface area contributed by atoms with E-state index in [0.29, 0.717) is 11.8 Å². The molecule has 1 aliphatic heterocycles. The van der Waals surface area contributed by atoms with Gasteiger partial charge in [-0.1, -0.05) is 38.1 Å². The summed E-state index contributed by atoms with van der Waals surface area (Å²) in [6, 6.07) is 11.2. The van der Waals surface area contributed by atoms with Crippen molar-refractivity contribution in [1.82, 2.24) is 4.90 Å². The van der Waals surface area contributed by atoms with Gasteiger partial charge in [-0.2, -0.15) is 5.26 Å². The van der Waals surface area contributed by atoms with Crippen LogP contribution in [0.15, 0.2) is 24.3 Å². The first kappa shape index (κ1) is 14.1. The fraction of sp³-hybridized carbons (Fsp3) is 0.588. The van der Waals surface area contributed by atoms with E-state index >= 15 is 0 Å². The highest BCUT2D eigenvalue weighted by molar-refractivity contribution is 5.31. The summed E-state index contributed by atoms with van der Waals surface area (Å²) < 4.78 is 0. The molecule has 0 amide bonds. The van der Waals surface area contributed by atoms with Crippen LogP contribution in [-0.2, 0) is 0 Å². The Morgan fingerprint density at radius 1 is 1.26 bits per heavy atom. The predicted molar refractivity (Wildman–Crippen MR) is 79.1 cm³/mol. The Labute approximate surface area is 117 Å². The van der Waals surface area contributed by atoms with Crippen LogP contribution in [0.5, 0.6) is 0 Å². The number of hydrogen-bond donors (Lipinski definition) is 0. The maximum absolute atomic E-state index is 9.25. The average molecular weight is 256 g/mol. The molecule has 2 rings (SSSR count). The number of likely N-dealkylation sites (tertiary alicyclic amines) is 1. The van der Waals surface area contributed by atoms with Crippen molar-refractivity contribution in [3.8, 4) is 6.07 Å². The van der Waals surface area contributed by atoms with Crippen molar-refractivity contribution >= 4 is 0 Å². The number of likely N-dealkylation sites (N-methyl/N-ethyl adjacent to an activating group) is 1. The molecule has 1 aromatic carbocycles. The third-order valence-corrected chi connectivity index (χ3v) is 4.20.